The van der Waals surface area contributed by atoms with Crippen LogP contribution >= 0.6 is 0 Å². The van der Waals surface area contributed by atoms with E-state index < -0.39 is 11.6 Å². The molecule has 1 aromatic carbocycles. The van der Waals surface area contributed by atoms with E-state index in [0.29, 0.717) is 17.7 Å². The number of aliphatic carboxylic acids is 1. The van der Waals surface area contributed by atoms with E-state index in [0.717, 1.165) is 5.06 Å². The van der Waals surface area contributed by atoms with Gasteiger partial charge in [-0.2, -0.15) is 5.06 Å². The first kappa shape index (κ1) is 14.2. The zero-order valence-electron chi connectivity index (χ0n) is 10.7. The minimum absolute atomic E-state index is 0.0402. The molecule has 98 valence electrons. The lowest BCUT2D eigenvalue weighted by atomic mass is 10.1. The molecule has 0 heterocycles. The van der Waals surface area contributed by atoms with Crippen LogP contribution in [0.5, 0.6) is 0 Å². The van der Waals surface area contributed by atoms with Crippen LogP contribution in [0.4, 0.5) is 5.69 Å². The van der Waals surface area contributed by atoms with Crippen LogP contribution < -0.4 is 5.06 Å². The van der Waals surface area contributed by atoms with Gasteiger partial charge in [-0.25, -0.2) is 0 Å². The van der Waals surface area contributed by atoms with Crippen LogP contribution in [0.1, 0.15) is 26.3 Å². The molecular weight excluding hydrogens is 234 g/mol. The van der Waals surface area contributed by atoms with E-state index >= 15 is 0 Å². The average Bonchev–Trinajstić information content (AvgIpc) is 2.25. The van der Waals surface area contributed by atoms with E-state index in [9.17, 15) is 9.59 Å². The smallest absolute Gasteiger partial charge is 0.307 e. The Hall–Kier alpha value is -1.88. The van der Waals surface area contributed by atoms with E-state index in [-0.39, 0.29) is 6.42 Å². The zero-order valence-corrected chi connectivity index (χ0v) is 10.7. The summed E-state index contributed by atoms with van der Waals surface area (Å²) in [6, 6.07) is 6.62. The van der Waals surface area contributed by atoms with Crippen molar-refractivity contribution in [2.45, 2.75) is 32.8 Å². The summed E-state index contributed by atoms with van der Waals surface area (Å²) in [5, 5.41) is 9.78. The molecule has 5 nitrogen and oxygen atoms in total. The number of carboxylic acids is 1. The Bertz CT molecular complexity index is 420. The molecule has 1 rings (SSSR count). The fourth-order valence-corrected chi connectivity index (χ4v) is 1.37. The molecule has 5 heteroatoms. The number of hydroxylamine groups is 1. The Balaban J connectivity index is 2.82. The highest BCUT2D eigenvalue weighted by atomic mass is 16.7. The first-order valence-corrected chi connectivity index (χ1v) is 5.56. The van der Waals surface area contributed by atoms with Gasteiger partial charge < -0.3 is 5.11 Å². The predicted octanol–water partition coefficient (Wildman–Crippen LogP) is 2.01. The molecule has 0 atom stereocenters. The Kier molecular flexibility index (Phi) is 4.44. The molecule has 0 fully saturated rings. The van der Waals surface area contributed by atoms with Gasteiger partial charge in [0, 0.05) is 0 Å². The van der Waals surface area contributed by atoms with E-state index in [2.05, 4.69) is 0 Å². The van der Waals surface area contributed by atoms with Crippen LogP contribution in [-0.2, 0) is 20.8 Å². The molecule has 0 saturated heterocycles. The molecule has 0 aliphatic heterocycles. The summed E-state index contributed by atoms with van der Waals surface area (Å²) in [5.41, 5.74) is 0.752. The van der Waals surface area contributed by atoms with Gasteiger partial charge in [0.25, 0.3) is 0 Å². The summed E-state index contributed by atoms with van der Waals surface area (Å²) in [4.78, 5) is 26.9. The maximum atomic E-state index is 11.0. The molecule has 0 unspecified atom stereocenters. The van der Waals surface area contributed by atoms with Crippen molar-refractivity contribution in [3.63, 3.8) is 0 Å². The summed E-state index contributed by atoms with van der Waals surface area (Å²) >= 11 is 0. The summed E-state index contributed by atoms with van der Waals surface area (Å²) in [6.07, 6.45) is 0.541. The standard InChI is InChI=1S/C13H17NO4/c1-13(2,3)18-14(9-15)11-6-4-10(5-7-11)8-12(16)17/h4-7,9H,8H2,1-3H3,(H,16,17). The molecule has 0 aromatic heterocycles. The average molecular weight is 251 g/mol. The second-order valence-electron chi connectivity index (χ2n) is 4.87. The van der Waals surface area contributed by atoms with Gasteiger partial charge in [-0.1, -0.05) is 12.1 Å². The van der Waals surface area contributed by atoms with E-state index in [1.807, 2.05) is 20.8 Å². The largest absolute Gasteiger partial charge is 0.481 e. The van der Waals surface area contributed by atoms with Gasteiger partial charge in [0.1, 0.15) is 0 Å². The van der Waals surface area contributed by atoms with Gasteiger partial charge in [0.05, 0.1) is 17.7 Å². The van der Waals surface area contributed by atoms with Gasteiger partial charge in [-0.05, 0) is 38.5 Å². The lowest BCUT2D eigenvalue weighted by Crippen LogP contribution is -2.32. The van der Waals surface area contributed by atoms with Crippen LogP contribution in [-0.4, -0.2) is 23.1 Å². The molecular formula is C13H17NO4. The summed E-state index contributed by atoms with van der Waals surface area (Å²) in [6.45, 7) is 5.51. The van der Waals surface area contributed by atoms with Crippen molar-refractivity contribution in [3.05, 3.63) is 29.8 Å². The van der Waals surface area contributed by atoms with Crippen molar-refractivity contribution < 1.29 is 19.5 Å². The molecule has 0 aliphatic rings. The Labute approximate surface area is 106 Å². The number of hydrogen-bond acceptors (Lipinski definition) is 3. The first-order chi connectivity index (χ1) is 8.31. The number of carbonyl (C=O) groups is 2. The highest BCUT2D eigenvalue weighted by molar-refractivity contribution is 5.73. The monoisotopic (exact) mass is 251 g/mol. The summed E-state index contributed by atoms with van der Waals surface area (Å²) in [7, 11) is 0. The number of benzene rings is 1. The molecule has 0 bridgehead atoms. The minimum atomic E-state index is -0.888. The second kappa shape index (κ2) is 5.64. The Morgan fingerprint density at radius 2 is 1.89 bits per heavy atom. The van der Waals surface area contributed by atoms with Crippen LogP contribution in [0.25, 0.3) is 0 Å². The third kappa shape index (κ3) is 4.55. The van der Waals surface area contributed by atoms with E-state index in [1.165, 1.54) is 0 Å². The second-order valence-corrected chi connectivity index (χ2v) is 4.87. The number of hydrogen-bond donors (Lipinski definition) is 1. The predicted molar refractivity (Wildman–Crippen MR) is 67.2 cm³/mol. The lowest BCUT2D eigenvalue weighted by molar-refractivity contribution is -0.136. The molecule has 1 N–H and O–H groups in total. The number of carbonyl (C=O) groups excluding carboxylic acids is 1. The highest BCUT2D eigenvalue weighted by Gasteiger charge is 2.17. The van der Waals surface area contributed by atoms with Crippen LogP contribution in [0, 0.1) is 0 Å². The van der Waals surface area contributed by atoms with Crippen LogP contribution in [0.15, 0.2) is 24.3 Å². The third-order valence-corrected chi connectivity index (χ3v) is 2.01. The molecule has 0 saturated carbocycles. The number of anilines is 1. The molecule has 0 radical (unpaired) electrons. The highest BCUT2D eigenvalue weighted by Crippen LogP contribution is 2.19. The molecule has 1 amide bonds. The van der Waals surface area contributed by atoms with Crippen LogP contribution in [0.3, 0.4) is 0 Å². The molecule has 18 heavy (non-hydrogen) atoms. The Morgan fingerprint density at radius 1 is 1.33 bits per heavy atom. The topological polar surface area (TPSA) is 66.8 Å². The molecule has 1 aromatic rings. The van der Waals surface area contributed by atoms with Crippen LogP contribution in [0.2, 0.25) is 0 Å². The lowest BCUT2D eigenvalue weighted by Gasteiger charge is -2.26. The van der Waals surface area contributed by atoms with Crippen molar-refractivity contribution in [1.82, 2.24) is 0 Å². The SMILES string of the molecule is CC(C)(C)ON(C=O)c1ccc(CC(=O)O)cc1. The summed E-state index contributed by atoms with van der Waals surface area (Å²) in [5.74, 6) is -0.888. The number of nitrogens with zero attached hydrogens (tertiary/aromatic N) is 1. The maximum Gasteiger partial charge on any atom is 0.307 e. The van der Waals surface area contributed by atoms with Gasteiger partial charge in [-0.15, -0.1) is 0 Å². The fraction of sp³-hybridized carbons (Fsp3) is 0.385. The van der Waals surface area contributed by atoms with Gasteiger partial charge in [-0.3, -0.25) is 14.4 Å². The fourth-order valence-electron chi connectivity index (χ4n) is 1.37. The normalized spacial score (nSPS) is 11.1. The van der Waals surface area contributed by atoms with Crippen molar-refractivity contribution in [2.75, 3.05) is 5.06 Å². The number of carboxylic acid groups (broad SMARTS) is 1. The van der Waals surface area contributed by atoms with Crippen molar-refractivity contribution in [2.24, 2.45) is 0 Å². The van der Waals surface area contributed by atoms with Gasteiger partial charge in [0.15, 0.2) is 0 Å². The van der Waals surface area contributed by atoms with Gasteiger partial charge >= 0.3 is 5.97 Å². The summed E-state index contributed by atoms with van der Waals surface area (Å²) < 4.78 is 0. The maximum absolute atomic E-state index is 11.0. The van der Waals surface area contributed by atoms with Crippen molar-refractivity contribution in [3.8, 4) is 0 Å². The van der Waals surface area contributed by atoms with Gasteiger partial charge in [0.2, 0.25) is 6.41 Å². The number of amides is 1. The van der Waals surface area contributed by atoms with E-state index in [4.69, 9.17) is 9.94 Å². The number of rotatable bonds is 5. The minimum Gasteiger partial charge on any atom is -0.481 e. The quantitative estimate of drug-likeness (QED) is 0.642. The molecule has 0 aliphatic carbocycles. The van der Waals surface area contributed by atoms with Crippen molar-refractivity contribution in [1.29, 1.82) is 0 Å². The van der Waals surface area contributed by atoms with Crippen molar-refractivity contribution >= 4 is 18.1 Å². The first-order valence-electron chi connectivity index (χ1n) is 5.56. The van der Waals surface area contributed by atoms with E-state index in [1.54, 1.807) is 24.3 Å². The Morgan fingerprint density at radius 3 is 2.28 bits per heavy atom. The zero-order chi connectivity index (χ0) is 13.8. The third-order valence-electron chi connectivity index (χ3n) is 2.01. The molecule has 0 spiro atoms.